The average molecular weight is 456 g/mol. The van der Waals surface area contributed by atoms with E-state index in [-0.39, 0.29) is 10.7 Å². The normalized spacial score (nSPS) is 18.1. The van der Waals surface area contributed by atoms with Crippen LogP contribution < -0.4 is 4.72 Å². The van der Waals surface area contributed by atoms with Gasteiger partial charge in [0.25, 0.3) is 0 Å². The summed E-state index contributed by atoms with van der Waals surface area (Å²) in [6.07, 6.45) is 7.60. The van der Waals surface area contributed by atoms with E-state index in [1.807, 2.05) is 6.07 Å². The molecule has 7 heteroatoms. The van der Waals surface area contributed by atoms with Gasteiger partial charge in [0.15, 0.2) is 0 Å². The molecule has 5 nitrogen and oxygen atoms in total. The minimum atomic E-state index is -3.56. The van der Waals surface area contributed by atoms with E-state index in [9.17, 15) is 12.8 Å². The molecular formula is C25H30FN3O2S. The molecule has 1 heterocycles. The van der Waals surface area contributed by atoms with Crippen LogP contribution in [-0.4, -0.2) is 24.7 Å². The molecular weight excluding hydrogens is 425 g/mol. The van der Waals surface area contributed by atoms with Crippen molar-refractivity contribution in [2.45, 2.75) is 49.8 Å². The lowest BCUT2D eigenvalue weighted by atomic mass is 9.84. The summed E-state index contributed by atoms with van der Waals surface area (Å²) in [4.78, 5) is 0.173. The number of aryl methyl sites for hydroxylation is 1. The van der Waals surface area contributed by atoms with Crippen LogP contribution in [0.4, 0.5) is 4.39 Å². The molecule has 0 amide bonds. The summed E-state index contributed by atoms with van der Waals surface area (Å²) < 4.78 is 42.7. The van der Waals surface area contributed by atoms with Gasteiger partial charge >= 0.3 is 0 Å². The fourth-order valence-electron chi connectivity index (χ4n) is 4.83. The highest BCUT2D eigenvalue weighted by atomic mass is 32.2. The van der Waals surface area contributed by atoms with Crippen LogP contribution in [0.15, 0.2) is 59.8 Å². The molecule has 2 aromatic carbocycles. The van der Waals surface area contributed by atoms with E-state index in [2.05, 4.69) is 34.9 Å². The number of hydrogen-bond acceptors (Lipinski definition) is 3. The molecule has 170 valence electrons. The molecule has 0 saturated carbocycles. The number of sulfonamides is 1. The minimum absolute atomic E-state index is 0.173. The Bertz CT molecular complexity index is 1190. The Labute approximate surface area is 189 Å². The fraction of sp³-hybridized carbons (Fsp3) is 0.400. The van der Waals surface area contributed by atoms with Crippen molar-refractivity contribution < 1.29 is 12.8 Å². The molecule has 3 aromatic rings. The lowest BCUT2D eigenvalue weighted by molar-refractivity contribution is 0.418. The average Bonchev–Trinajstić information content (AvgIpc) is 3.33. The summed E-state index contributed by atoms with van der Waals surface area (Å²) in [7, 11) is -1.87. The quantitative estimate of drug-likeness (QED) is 0.521. The highest BCUT2D eigenvalue weighted by Gasteiger charge is 2.32. The molecule has 0 saturated heterocycles. The van der Waals surface area contributed by atoms with Crippen molar-refractivity contribution in [1.82, 2.24) is 14.5 Å². The summed E-state index contributed by atoms with van der Waals surface area (Å²) in [5.74, 6) is 0.721. The van der Waals surface area contributed by atoms with Gasteiger partial charge in [0, 0.05) is 19.8 Å². The van der Waals surface area contributed by atoms with E-state index in [0.29, 0.717) is 24.8 Å². The standard InChI is InChI=1S/C25H30FN3O2S/c1-3-5-20-15-21-9-8-18(10-11-28-32(30,31)23-16-27-29(2)17-23)13-24(21)25(20)14-19-6-4-7-22(26)12-19/h4,6-9,12-13,16-17,20,25,28H,3,5,10-11,14-15H2,1-2H3. The number of halogens is 1. The number of rotatable bonds is 9. The lowest BCUT2D eigenvalue weighted by Crippen LogP contribution is -2.25. The van der Waals surface area contributed by atoms with Crippen LogP contribution in [0.25, 0.3) is 0 Å². The van der Waals surface area contributed by atoms with E-state index in [0.717, 1.165) is 36.8 Å². The van der Waals surface area contributed by atoms with Crippen molar-refractivity contribution in [2.24, 2.45) is 13.0 Å². The van der Waals surface area contributed by atoms with Gasteiger partial charge in [-0.1, -0.05) is 43.7 Å². The van der Waals surface area contributed by atoms with Crippen molar-refractivity contribution in [1.29, 1.82) is 0 Å². The molecule has 1 aromatic heterocycles. The van der Waals surface area contributed by atoms with Gasteiger partial charge in [-0.05, 0) is 71.9 Å². The zero-order valence-electron chi connectivity index (χ0n) is 18.6. The summed E-state index contributed by atoms with van der Waals surface area (Å²) >= 11 is 0. The Morgan fingerprint density at radius 3 is 2.75 bits per heavy atom. The van der Waals surface area contributed by atoms with E-state index in [4.69, 9.17) is 0 Å². The second kappa shape index (κ2) is 9.55. The molecule has 2 unspecified atom stereocenters. The highest BCUT2D eigenvalue weighted by molar-refractivity contribution is 7.89. The first-order valence-electron chi connectivity index (χ1n) is 11.2. The number of hydrogen-bond donors (Lipinski definition) is 1. The van der Waals surface area contributed by atoms with E-state index < -0.39 is 10.0 Å². The first-order valence-corrected chi connectivity index (χ1v) is 12.7. The molecule has 4 rings (SSSR count). The van der Waals surface area contributed by atoms with E-state index in [1.54, 1.807) is 19.2 Å². The Morgan fingerprint density at radius 1 is 1.19 bits per heavy atom. The molecule has 0 radical (unpaired) electrons. The number of benzene rings is 2. The first kappa shape index (κ1) is 22.7. The molecule has 2 atom stereocenters. The van der Waals surface area contributed by atoms with Gasteiger partial charge in [0.2, 0.25) is 10.0 Å². The zero-order chi connectivity index (χ0) is 22.7. The molecule has 1 aliphatic rings. The van der Waals surface area contributed by atoms with Gasteiger partial charge in [0.1, 0.15) is 10.7 Å². The maximum atomic E-state index is 13.7. The minimum Gasteiger partial charge on any atom is -0.274 e. The summed E-state index contributed by atoms with van der Waals surface area (Å²) in [6.45, 7) is 2.53. The smallest absolute Gasteiger partial charge is 0.243 e. The molecule has 0 bridgehead atoms. The first-order chi connectivity index (χ1) is 15.4. The van der Waals surface area contributed by atoms with Crippen molar-refractivity contribution >= 4 is 10.0 Å². The zero-order valence-corrected chi connectivity index (χ0v) is 19.4. The van der Waals surface area contributed by atoms with E-state index >= 15 is 0 Å². The molecule has 1 aliphatic carbocycles. The van der Waals surface area contributed by atoms with Crippen LogP contribution in [0.5, 0.6) is 0 Å². The topological polar surface area (TPSA) is 64.0 Å². The van der Waals surface area contributed by atoms with Crippen LogP contribution in [0.1, 0.15) is 47.9 Å². The third kappa shape index (κ3) is 5.10. The largest absolute Gasteiger partial charge is 0.274 e. The van der Waals surface area contributed by atoms with Gasteiger partial charge in [0.05, 0.1) is 6.20 Å². The van der Waals surface area contributed by atoms with Crippen LogP contribution >= 0.6 is 0 Å². The maximum absolute atomic E-state index is 13.7. The van der Waals surface area contributed by atoms with Crippen molar-refractivity contribution in [3.05, 3.63) is 82.9 Å². The van der Waals surface area contributed by atoms with Crippen LogP contribution in [0, 0.1) is 11.7 Å². The van der Waals surface area contributed by atoms with Gasteiger partial charge in [-0.25, -0.2) is 17.5 Å². The van der Waals surface area contributed by atoms with Gasteiger partial charge in [-0.3, -0.25) is 4.68 Å². The molecule has 0 fully saturated rings. The van der Waals surface area contributed by atoms with Gasteiger partial charge in [-0.15, -0.1) is 0 Å². The van der Waals surface area contributed by atoms with Gasteiger partial charge < -0.3 is 0 Å². The predicted molar refractivity (Wildman–Crippen MR) is 123 cm³/mol. The van der Waals surface area contributed by atoms with E-state index in [1.165, 1.54) is 34.3 Å². The molecule has 1 N–H and O–H groups in total. The summed E-state index contributed by atoms with van der Waals surface area (Å²) in [5.41, 5.74) is 4.84. The van der Waals surface area contributed by atoms with Crippen LogP contribution in [-0.2, 0) is 36.3 Å². The van der Waals surface area contributed by atoms with Crippen LogP contribution in [0.2, 0.25) is 0 Å². The van der Waals surface area contributed by atoms with Crippen molar-refractivity contribution in [3.8, 4) is 0 Å². The second-order valence-electron chi connectivity index (χ2n) is 8.72. The lowest BCUT2D eigenvalue weighted by Gasteiger charge is -2.21. The fourth-order valence-corrected chi connectivity index (χ4v) is 5.84. The Hall–Kier alpha value is -2.51. The third-order valence-corrected chi connectivity index (χ3v) is 7.78. The monoisotopic (exact) mass is 455 g/mol. The number of fused-ring (bicyclic) bond motifs is 1. The number of aromatic nitrogens is 2. The number of nitrogens with one attached hydrogen (secondary N) is 1. The molecule has 0 spiro atoms. The predicted octanol–water partition coefficient (Wildman–Crippen LogP) is 4.38. The Morgan fingerprint density at radius 2 is 2.03 bits per heavy atom. The SMILES string of the molecule is CCCC1Cc2ccc(CCNS(=O)(=O)c3cnn(C)c3)cc2C1Cc1cccc(F)c1. The van der Waals surface area contributed by atoms with Crippen LogP contribution in [0.3, 0.4) is 0 Å². The molecule has 32 heavy (non-hydrogen) atoms. The van der Waals surface area contributed by atoms with Gasteiger partial charge in [-0.2, -0.15) is 5.10 Å². The van der Waals surface area contributed by atoms with Crippen molar-refractivity contribution in [3.63, 3.8) is 0 Å². The molecule has 0 aliphatic heterocycles. The summed E-state index contributed by atoms with van der Waals surface area (Å²) in [6, 6.07) is 13.4. The van der Waals surface area contributed by atoms with Crippen molar-refractivity contribution in [2.75, 3.05) is 6.54 Å². The highest BCUT2D eigenvalue weighted by Crippen LogP contribution is 2.42. The second-order valence-corrected chi connectivity index (χ2v) is 10.5. The maximum Gasteiger partial charge on any atom is 0.243 e. The number of nitrogens with zero attached hydrogens (tertiary/aromatic N) is 2. The third-order valence-electron chi connectivity index (χ3n) is 6.36. The Kier molecular flexibility index (Phi) is 6.76. The Balaban J connectivity index is 1.48. The summed E-state index contributed by atoms with van der Waals surface area (Å²) in [5, 5.41) is 3.93.